The lowest BCUT2D eigenvalue weighted by atomic mass is 10.2. The highest BCUT2D eigenvalue weighted by Crippen LogP contribution is 2.21. The molecule has 1 saturated heterocycles. The van der Waals surface area contributed by atoms with Crippen molar-refractivity contribution >= 4 is 29.1 Å². The number of para-hydroxylation sites is 1. The Morgan fingerprint density at radius 1 is 1.14 bits per heavy atom. The summed E-state index contributed by atoms with van der Waals surface area (Å²) in [5, 5.41) is 1.75. The van der Waals surface area contributed by atoms with Crippen molar-refractivity contribution in [3.63, 3.8) is 0 Å². The van der Waals surface area contributed by atoms with Gasteiger partial charge in [-0.25, -0.2) is 4.79 Å². The van der Waals surface area contributed by atoms with Crippen molar-refractivity contribution in [1.29, 1.82) is 0 Å². The van der Waals surface area contributed by atoms with E-state index in [0.29, 0.717) is 17.2 Å². The first-order valence-electron chi connectivity index (χ1n) is 8.76. The van der Waals surface area contributed by atoms with Crippen molar-refractivity contribution in [3.8, 4) is 5.75 Å². The minimum atomic E-state index is -0.692. The molecule has 1 atom stereocenters. The summed E-state index contributed by atoms with van der Waals surface area (Å²) in [4.78, 5) is 36.3. The zero-order chi connectivity index (χ0) is 19.8. The Morgan fingerprint density at radius 3 is 2.75 bits per heavy atom. The summed E-state index contributed by atoms with van der Waals surface area (Å²) in [6.07, 6.45) is 1.93. The third-order valence-electron chi connectivity index (χ3n) is 3.95. The van der Waals surface area contributed by atoms with Crippen LogP contribution in [0, 0.1) is 0 Å². The molecular weight excluding hydrogens is 384 g/mol. The number of carbonyl (C=O) groups excluding carboxylic acids is 3. The molecule has 2 amide bonds. The maximum Gasteiger partial charge on any atom is 0.342 e. The highest BCUT2D eigenvalue weighted by atomic mass is 32.1. The first-order valence-corrected chi connectivity index (χ1v) is 9.64. The summed E-state index contributed by atoms with van der Waals surface area (Å²) in [7, 11) is 0. The number of hydrogen-bond donors (Lipinski definition) is 2. The Kier molecular flexibility index (Phi) is 6.99. The third kappa shape index (κ3) is 5.54. The van der Waals surface area contributed by atoms with Crippen LogP contribution in [0.15, 0.2) is 41.8 Å². The molecule has 0 aliphatic carbocycles. The van der Waals surface area contributed by atoms with E-state index in [0.717, 1.165) is 19.4 Å². The van der Waals surface area contributed by atoms with E-state index in [2.05, 4.69) is 10.9 Å². The molecule has 28 heavy (non-hydrogen) atoms. The van der Waals surface area contributed by atoms with Gasteiger partial charge in [0.25, 0.3) is 11.8 Å². The molecule has 9 heteroatoms. The number of carbonyl (C=O) groups is 3. The number of hydrazine groups is 1. The third-order valence-corrected chi connectivity index (χ3v) is 4.82. The molecule has 1 aliphatic rings. The first-order chi connectivity index (χ1) is 13.6. The number of amides is 2. The molecule has 0 saturated carbocycles. The standard InChI is InChI=1S/C19H20N2O6S/c22-17(20-21-18(23)16-8-4-10-28-16)12-27-19(24)14-6-1-2-7-15(14)26-11-13-5-3-9-25-13/h1-2,4,6-8,10,13H,3,5,9,11-12H2,(H,20,22)(H,21,23). The van der Waals surface area contributed by atoms with Crippen LogP contribution < -0.4 is 15.6 Å². The summed E-state index contributed by atoms with van der Waals surface area (Å²) in [6.45, 7) is 0.527. The molecule has 8 nitrogen and oxygen atoms in total. The summed E-state index contributed by atoms with van der Waals surface area (Å²) < 4.78 is 16.2. The smallest absolute Gasteiger partial charge is 0.342 e. The molecule has 2 aromatic rings. The van der Waals surface area contributed by atoms with E-state index in [1.54, 1.807) is 41.8 Å². The maximum absolute atomic E-state index is 12.3. The van der Waals surface area contributed by atoms with Crippen LogP contribution in [0.25, 0.3) is 0 Å². The van der Waals surface area contributed by atoms with Gasteiger partial charge >= 0.3 is 5.97 Å². The molecule has 1 aromatic heterocycles. The monoisotopic (exact) mass is 404 g/mol. The lowest BCUT2D eigenvalue weighted by molar-refractivity contribution is -0.125. The molecule has 0 bridgehead atoms. The lowest BCUT2D eigenvalue weighted by Crippen LogP contribution is -2.43. The first kappa shape index (κ1) is 19.8. The predicted molar refractivity (Wildman–Crippen MR) is 101 cm³/mol. The lowest BCUT2D eigenvalue weighted by Gasteiger charge is -2.14. The van der Waals surface area contributed by atoms with E-state index < -0.39 is 24.4 Å². The van der Waals surface area contributed by atoms with E-state index in [9.17, 15) is 14.4 Å². The average molecular weight is 404 g/mol. The van der Waals surface area contributed by atoms with Crippen molar-refractivity contribution in [2.24, 2.45) is 0 Å². The molecule has 148 valence electrons. The van der Waals surface area contributed by atoms with E-state index in [1.807, 2.05) is 0 Å². The fourth-order valence-electron chi connectivity index (χ4n) is 2.56. The van der Waals surface area contributed by atoms with Crippen molar-refractivity contribution in [3.05, 3.63) is 52.2 Å². The Bertz CT molecular complexity index is 818. The Balaban J connectivity index is 1.46. The van der Waals surface area contributed by atoms with Gasteiger partial charge in [0.15, 0.2) is 6.61 Å². The molecule has 1 unspecified atom stereocenters. The fourth-order valence-corrected chi connectivity index (χ4v) is 3.18. The largest absolute Gasteiger partial charge is 0.490 e. The van der Waals surface area contributed by atoms with Crippen molar-refractivity contribution in [2.45, 2.75) is 18.9 Å². The second-order valence-corrected chi connectivity index (χ2v) is 6.95. The molecule has 0 spiro atoms. The fraction of sp³-hybridized carbons (Fsp3) is 0.316. The summed E-state index contributed by atoms with van der Waals surface area (Å²) in [5.74, 6) is -1.42. The minimum absolute atomic E-state index is 0.0156. The quantitative estimate of drug-likeness (QED) is 0.540. The zero-order valence-electron chi connectivity index (χ0n) is 15.0. The predicted octanol–water partition coefficient (Wildman–Crippen LogP) is 1.92. The van der Waals surface area contributed by atoms with E-state index in [1.165, 1.54) is 11.3 Å². The molecule has 1 aliphatic heterocycles. The van der Waals surface area contributed by atoms with E-state index in [-0.39, 0.29) is 11.7 Å². The molecule has 1 aromatic carbocycles. The van der Waals surface area contributed by atoms with Gasteiger partial charge in [0, 0.05) is 6.61 Å². The van der Waals surface area contributed by atoms with E-state index in [4.69, 9.17) is 14.2 Å². The van der Waals surface area contributed by atoms with Crippen molar-refractivity contribution in [1.82, 2.24) is 10.9 Å². The molecule has 1 fully saturated rings. The molecule has 2 N–H and O–H groups in total. The Morgan fingerprint density at radius 2 is 2.00 bits per heavy atom. The SMILES string of the molecule is O=C(COC(=O)c1ccccc1OCC1CCCO1)NNC(=O)c1cccs1. The second-order valence-electron chi connectivity index (χ2n) is 6.00. The number of ether oxygens (including phenoxy) is 3. The van der Waals surface area contributed by atoms with Crippen molar-refractivity contribution < 1.29 is 28.6 Å². The van der Waals surface area contributed by atoms with Gasteiger partial charge in [-0.1, -0.05) is 18.2 Å². The number of thiophene rings is 1. The molecule has 0 radical (unpaired) electrons. The summed E-state index contributed by atoms with van der Waals surface area (Å²) in [6, 6.07) is 9.99. The second kappa shape index (κ2) is 9.86. The van der Waals surface area contributed by atoms with Gasteiger partial charge in [0.2, 0.25) is 0 Å². The topological polar surface area (TPSA) is 103 Å². The highest BCUT2D eigenvalue weighted by molar-refractivity contribution is 7.12. The molecule has 2 heterocycles. The number of hydrogen-bond acceptors (Lipinski definition) is 7. The van der Waals surface area contributed by atoms with Crippen LogP contribution in [-0.2, 0) is 14.3 Å². The number of esters is 1. The Labute approximate surface area is 165 Å². The van der Waals surface area contributed by atoms with Crippen LogP contribution in [0.5, 0.6) is 5.75 Å². The maximum atomic E-state index is 12.3. The minimum Gasteiger partial charge on any atom is -0.490 e. The van der Waals surface area contributed by atoms with Gasteiger partial charge in [0.1, 0.15) is 17.9 Å². The number of benzene rings is 1. The number of rotatable bonds is 7. The van der Waals surface area contributed by atoms with Gasteiger partial charge in [0.05, 0.1) is 11.0 Å². The highest BCUT2D eigenvalue weighted by Gasteiger charge is 2.19. The van der Waals surface area contributed by atoms with Crippen LogP contribution in [0.2, 0.25) is 0 Å². The number of nitrogens with one attached hydrogen (secondary N) is 2. The van der Waals surface area contributed by atoms with Crippen LogP contribution in [0.3, 0.4) is 0 Å². The molecule has 3 rings (SSSR count). The van der Waals surface area contributed by atoms with Crippen LogP contribution >= 0.6 is 11.3 Å². The van der Waals surface area contributed by atoms with Crippen LogP contribution in [-0.4, -0.2) is 43.7 Å². The van der Waals surface area contributed by atoms with Gasteiger partial charge in [-0.3, -0.25) is 20.4 Å². The summed E-state index contributed by atoms with van der Waals surface area (Å²) >= 11 is 1.24. The van der Waals surface area contributed by atoms with Gasteiger partial charge in [-0.2, -0.15) is 0 Å². The van der Waals surface area contributed by atoms with Gasteiger partial charge in [-0.15, -0.1) is 11.3 Å². The zero-order valence-corrected chi connectivity index (χ0v) is 15.8. The molecular formula is C19H20N2O6S. The van der Waals surface area contributed by atoms with Gasteiger partial charge < -0.3 is 14.2 Å². The average Bonchev–Trinajstić information content (AvgIpc) is 3.43. The van der Waals surface area contributed by atoms with Crippen molar-refractivity contribution in [2.75, 3.05) is 19.8 Å². The normalized spacial score (nSPS) is 15.6. The van der Waals surface area contributed by atoms with Crippen LogP contribution in [0.4, 0.5) is 0 Å². The van der Waals surface area contributed by atoms with Crippen LogP contribution in [0.1, 0.15) is 32.9 Å². The van der Waals surface area contributed by atoms with Gasteiger partial charge in [-0.05, 0) is 36.4 Å². The Hall–Kier alpha value is -2.91. The summed E-state index contributed by atoms with van der Waals surface area (Å²) in [5.41, 5.74) is 4.67. The van der Waals surface area contributed by atoms with E-state index >= 15 is 0 Å².